The number of rotatable bonds is 3. The van der Waals surface area contributed by atoms with Crippen LogP contribution in [-0.4, -0.2) is 11.8 Å². The van der Waals surface area contributed by atoms with E-state index in [9.17, 15) is 14.0 Å². The van der Waals surface area contributed by atoms with E-state index in [1.807, 2.05) is 24.3 Å². The smallest absolute Gasteiger partial charge is 0.343 e. The van der Waals surface area contributed by atoms with Crippen LogP contribution in [0.15, 0.2) is 70.9 Å². The van der Waals surface area contributed by atoms with E-state index in [0.717, 1.165) is 16.1 Å². The molecule has 0 radical (unpaired) electrons. The quantitative estimate of drug-likeness (QED) is 0.289. The Morgan fingerprint density at radius 3 is 2.66 bits per heavy atom. The van der Waals surface area contributed by atoms with Crippen molar-refractivity contribution in [3.8, 4) is 11.5 Å². The lowest BCUT2D eigenvalue weighted by Gasteiger charge is -2.10. The molecule has 0 saturated carbocycles. The number of hydrogen-bond donors (Lipinski definition) is 0. The first-order valence-corrected chi connectivity index (χ1v) is 9.53. The summed E-state index contributed by atoms with van der Waals surface area (Å²) in [4.78, 5) is 25.0. The lowest BCUT2D eigenvalue weighted by Crippen LogP contribution is -2.09. The molecule has 3 aromatic carbocycles. The molecule has 0 aliphatic carbocycles. The van der Waals surface area contributed by atoms with Crippen molar-refractivity contribution in [2.75, 3.05) is 0 Å². The number of halogens is 2. The van der Waals surface area contributed by atoms with Gasteiger partial charge in [0.05, 0.1) is 11.1 Å². The Balaban J connectivity index is 1.62. The van der Waals surface area contributed by atoms with E-state index < -0.39 is 11.8 Å². The van der Waals surface area contributed by atoms with Gasteiger partial charge >= 0.3 is 5.97 Å². The Labute approximate surface area is 174 Å². The normalized spacial score (nSPS) is 13.9. The van der Waals surface area contributed by atoms with Crippen LogP contribution in [0.1, 0.15) is 31.8 Å². The van der Waals surface area contributed by atoms with Crippen LogP contribution in [0.3, 0.4) is 0 Å². The summed E-state index contributed by atoms with van der Waals surface area (Å²) >= 11 is 3.40. The fraction of sp³-hybridized carbons (Fsp3) is 0.0435. The second kappa shape index (κ2) is 7.64. The van der Waals surface area contributed by atoms with Crippen molar-refractivity contribution in [2.24, 2.45) is 0 Å². The van der Waals surface area contributed by atoms with Crippen LogP contribution in [0.5, 0.6) is 11.5 Å². The lowest BCUT2D eigenvalue weighted by molar-refractivity contribution is 0.0732. The molecule has 1 heterocycles. The van der Waals surface area contributed by atoms with Crippen molar-refractivity contribution in [1.82, 2.24) is 0 Å². The minimum absolute atomic E-state index is 0.0946. The maximum absolute atomic E-state index is 13.3. The molecule has 0 spiro atoms. The average molecular weight is 453 g/mol. The maximum Gasteiger partial charge on any atom is 0.343 e. The Morgan fingerprint density at radius 2 is 1.90 bits per heavy atom. The Morgan fingerprint density at radius 1 is 1.10 bits per heavy atom. The van der Waals surface area contributed by atoms with Crippen LogP contribution < -0.4 is 9.47 Å². The first-order valence-electron chi connectivity index (χ1n) is 8.73. The maximum atomic E-state index is 13.3. The molecule has 1 aliphatic rings. The minimum atomic E-state index is -0.693. The Bertz CT molecular complexity index is 1180. The van der Waals surface area contributed by atoms with Gasteiger partial charge in [0.15, 0.2) is 5.76 Å². The van der Waals surface area contributed by atoms with Crippen molar-refractivity contribution in [1.29, 1.82) is 0 Å². The summed E-state index contributed by atoms with van der Waals surface area (Å²) in [6.45, 7) is 1.70. The average Bonchev–Trinajstić information content (AvgIpc) is 3.00. The lowest BCUT2D eigenvalue weighted by atomic mass is 10.1. The SMILES string of the molecule is Cc1c(OC(=O)c2cccc(F)c2)ccc2c1O/C(=C\c1cccc(Br)c1)C2=O. The molecule has 0 aromatic heterocycles. The van der Waals surface area contributed by atoms with Crippen LogP contribution >= 0.6 is 15.9 Å². The van der Waals surface area contributed by atoms with Gasteiger partial charge in [-0.1, -0.05) is 34.1 Å². The van der Waals surface area contributed by atoms with Crippen molar-refractivity contribution in [3.05, 3.63) is 99.0 Å². The zero-order valence-electron chi connectivity index (χ0n) is 15.2. The van der Waals surface area contributed by atoms with E-state index in [2.05, 4.69) is 15.9 Å². The summed E-state index contributed by atoms with van der Waals surface area (Å²) < 4.78 is 25.4. The van der Waals surface area contributed by atoms with E-state index in [-0.39, 0.29) is 22.9 Å². The van der Waals surface area contributed by atoms with Crippen molar-refractivity contribution >= 4 is 33.8 Å². The van der Waals surface area contributed by atoms with E-state index in [0.29, 0.717) is 16.9 Å². The highest BCUT2D eigenvalue weighted by atomic mass is 79.9. The number of allylic oxidation sites excluding steroid dienone is 1. The first-order chi connectivity index (χ1) is 13.9. The number of esters is 1. The number of carbonyl (C=O) groups excluding carboxylic acids is 2. The molecule has 4 rings (SSSR count). The van der Waals surface area contributed by atoms with Gasteiger partial charge in [0, 0.05) is 10.0 Å². The van der Waals surface area contributed by atoms with E-state index in [1.54, 1.807) is 19.1 Å². The molecular formula is C23H14BrFO4. The number of benzene rings is 3. The number of Topliss-reactive ketones (excluding diaryl/α,β-unsaturated/α-hetero) is 1. The second-order valence-corrected chi connectivity index (χ2v) is 7.38. The van der Waals surface area contributed by atoms with Crippen LogP contribution in [0, 0.1) is 12.7 Å². The van der Waals surface area contributed by atoms with Crippen LogP contribution in [-0.2, 0) is 0 Å². The van der Waals surface area contributed by atoms with Crippen LogP contribution in [0.25, 0.3) is 6.08 Å². The van der Waals surface area contributed by atoms with Crippen molar-refractivity contribution < 1.29 is 23.5 Å². The summed E-state index contributed by atoms with van der Waals surface area (Å²) in [5, 5.41) is 0. The van der Waals surface area contributed by atoms with Crippen molar-refractivity contribution in [2.45, 2.75) is 6.92 Å². The number of fused-ring (bicyclic) bond motifs is 1. The Kier molecular flexibility index (Phi) is 5.03. The standard InChI is InChI=1S/C23H14BrFO4/c1-13-19(29-23(27)15-5-3-7-17(25)12-15)9-8-18-21(26)20(28-22(13)18)11-14-4-2-6-16(24)10-14/h2-12H,1H3/b20-11-. The predicted molar refractivity (Wildman–Crippen MR) is 110 cm³/mol. The molecule has 4 nitrogen and oxygen atoms in total. The molecular weight excluding hydrogens is 439 g/mol. The van der Waals surface area contributed by atoms with E-state index >= 15 is 0 Å². The zero-order chi connectivity index (χ0) is 20.5. The molecule has 0 bridgehead atoms. The number of hydrogen-bond acceptors (Lipinski definition) is 4. The fourth-order valence-corrected chi connectivity index (χ4v) is 3.42. The zero-order valence-corrected chi connectivity index (χ0v) is 16.8. The molecule has 29 heavy (non-hydrogen) atoms. The summed E-state index contributed by atoms with van der Waals surface area (Å²) in [7, 11) is 0. The van der Waals surface area contributed by atoms with Gasteiger partial charge in [-0.3, -0.25) is 4.79 Å². The van der Waals surface area contributed by atoms with Gasteiger partial charge in [0.25, 0.3) is 0 Å². The summed E-state index contributed by atoms with van der Waals surface area (Å²) in [5.74, 6) is -0.681. The van der Waals surface area contributed by atoms with E-state index in [4.69, 9.17) is 9.47 Å². The van der Waals surface area contributed by atoms with Crippen LogP contribution in [0.2, 0.25) is 0 Å². The van der Waals surface area contributed by atoms with E-state index in [1.165, 1.54) is 24.3 Å². The number of carbonyl (C=O) groups is 2. The fourth-order valence-electron chi connectivity index (χ4n) is 3.00. The molecule has 1 aliphatic heterocycles. The van der Waals surface area contributed by atoms with Gasteiger partial charge in [-0.2, -0.15) is 0 Å². The summed E-state index contributed by atoms with van der Waals surface area (Å²) in [6.07, 6.45) is 1.66. The topological polar surface area (TPSA) is 52.6 Å². The Hall–Kier alpha value is -3.25. The van der Waals surface area contributed by atoms with Gasteiger partial charge < -0.3 is 9.47 Å². The summed E-state index contributed by atoms with van der Waals surface area (Å²) in [5.41, 5.74) is 1.82. The minimum Gasteiger partial charge on any atom is -0.452 e. The molecule has 0 atom stereocenters. The van der Waals surface area contributed by atoms with Gasteiger partial charge in [0.2, 0.25) is 5.78 Å². The largest absolute Gasteiger partial charge is 0.452 e. The van der Waals surface area contributed by atoms with Gasteiger partial charge in [-0.05, 0) is 61.0 Å². The monoisotopic (exact) mass is 452 g/mol. The molecule has 3 aromatic rings. The first kappa shape index (κ1) is 19.1. The molecule has 6 heteroatoms. The predicted octanol–water partition coefficient (Wildman–Crippen LogP) is 5.73. The van der Waals surface area contributed by atoms with Crippen LogP contribution in [0.4, 0.5) is 4.39 Å². The van der Waals surface area contributed by atoms with Gasteiger partial charge in [-0.15, -0.1) is 0 Å². The molecule has 0 unspecified atom stereocenters. The highest BCUT2D eigenvalue weighted by Crippen LogP contribution is 2.39. The second-order valence-electron chi connectivity index (χ2n) is 6.46. The molecule has 144 valence electrons. The third-order valence-electron chi connectivity index (χ3n) is 4.45. The molecule has 0 saturated heterocycles. The highest BCUT2D eigenvalue weighted by Gasteiger charge is 2.30. The van der Waals surface area contributed by atoms with Gasteiger partial charge in [-0.25, -0.2) is 9.18 Å². The molecule has 0 fully saturated rings. The number of ketones is 1. The van der Waals surface area contributed by atoms with Gasteiger partial charge in [0.1, 0.15) is 17.3 Å². The third-order valence-corrected chi connectivity index (χ3v) is 4.94. The third kappa shape index (κ3) is 3.84. The molecule has 0 amide bonds. The summed E-state index contributed by atoms with van der Waals surface area (Å²) in [6, 6.07) is 15.8. The number of ether oxygens (including phenoxy) is 2. The van der Waals surface area contributed by atoms with Crippen molar-refractivity contribution in [3.63, 3.8) is 0 Å². The molecule has 0 N–H and O–H groups in total. The highest BCUT2D eigenvalue weighted by molar-refractivity contribution is 9.10.